The largest absolute Gasteiger partial charge is 0.463 e. The van der Waals surface area contributed by atoms with Crippen LogP contribution in [0.3, 0.4) is 0 Å². The number of nitrogens with zero attached hydrogens (tertiary/aromatic N) is 2. The molecule has 1 aliphatic heterocycles. The summed E-state index contributed by atoms with van der Waals surface area (Å²) in [6.07, 6.45) is 1.58. The number of aromatic amines is 1. The first kappa shape index (κ1) is 13.8. The molecular weight excluding hydrogens is 272 g/mol. The van der Waals surface area contributed by atoms with E-state index in [0.717, 1.165) is 32.8 Å². The van der Waals surface area contributed by atoms with E-state index in [1.807, 2.05) is 6.07 Å². The van der Waals surface area contributed by atoms with Crippen LogP contribution in [0.25, 0.3) is 11.5 Å². The molecule has 2 N–H and O–H groups in total. The third-order valence-electron chi connectivity index (χ3n) is 3.41. The van der Waals surface area contributed by atoms with Crippen molar-refractivity contribution in [3.05, 3.63) is 30.2 Å². The van der Waals surface area contributed by atoms with E-state index in [9.17, 15) is 4.79 Å². The van der Waals surface area contributed by atoms with Crippen molar-refractivity contribution in [3.63, 3.8) is 0 Å². The molecule has 1 fully saturated rings. The topological polar surface area (TPSA) is 83.4 Å². The van der Waals surface area contributed by atoms with Gasteiger partial charge >= 0.3 is 0 Å². The molecule has 112 valence electrons. The maximum absolute atomic E-state index is 12.0. The highest BCUT2D eigenvalue weighted by Gasteiger charge is 2.14. The van der Waals surface area contributed by atoms with Crippen molar-refractivity contribution in [2.24, 2.45) is 0 Å². The Labute approximate surface area is 122 Å². The summed E-state index contributed by atoms with van der Waals surface area (Å²) >= 11 is 0. The summed E-state index contributed by atoms with van der Waals surface area (Å²) in [5.74, 6) is 0.479. The first-order chi connectivity index (χ1) is 10.3. The Hall–Kier alpha value is -2.12. The van der Waals surface area contributed by atoms with Crippen molar-refractivity contribution in [1.29, 1.82) is 0 Å². The summed E-state index contributed by atoms with van der Waals surface area (Å²) in [5, 5.41) is 9.67. The van der Waals surface area contributed by atoms with Gasteiger partial charge in [-0.05, 0) is 12.1 Å². The summed E-state index contributed by atoms with van der Waals surface area (Å²) < 4.78 is 10.5. The van der Waals surface area contributed by atoms with E-state index in [2.05, 4.69) is 20.4 Å². The van der Waals surface area contributed by atoms with Gasteiger partial charge in [0.05, 0.1) is 19.5 Å². The highest BCUT2D eigenvalue weighted by atomic mass is 16.5. The first-order valence-corrected chi connectivity index (χ1v) is 7.00. The van der Waals surface area contributed by atoms with Crippen LogP contribution in [0.5, 0.6) is 0 Å². The Balaban J connectivity index is 1.49. The van der Waals surface area contributed by atoms with Gasteiger partial charge in [0.15, 0.2) is 11.5 Å². The first-order valence-electron chi connectivity index (χ1n) is 7.00. The Bertz CT molecular complexity index is 573. The summed E-state index contributed by atoms with van der Waals surface area (Å²) in [4.78, 5) is 14.3. The lowest BCUT2D eigenvalue weighted by Gasteiger charge is -2.26. The second-order valence-corrected chi connectivity index (χ2v) is 4.85. The van der Waals surface area contributed by atoms with Crippen molar-refractivity contribution in [1.82, 2.24) is 20.4 Å². The lowest BCUT2D eigenvalue weighted by molar-refractivity contribution is 0.0383. The van der Waals surface area contributed by atoms with Crippen LogP contribution in [0.1, 0.15) is 10.5 Å². The molecule has 0 unspecified atom stereocenters. The van der Waals surface area contributed by atoms with E-state index < -0.39 is 0 Å². The fourth-order valence-corrected chi connectivity index (χ4v) is 2.24. The highest BCUT2D eigenvalue weighted by Crippen LogP contribution is 2.17. The molecule has 2 aromatic heterocycles. The molecule has 7 nitrogen and oxygen atoms in total. The fourth-order valence-electron chi connectivity index (χ4n) is 2.24. The minimum Gasteiger partial charge on any atom is -0.463 e. The van der Waals surface area contributed by atoms with Crippen molar-refractivity contribution in [2.45, 2.75) is 0 Å². The third-order valence-corrected chi connectivity index (χ3v) is 3.41. The van der Waals surface area contributed by atoms with E-state index >= 15 is 0 Å². The number of H-pyrrole nitrogens is 1. The van der Waals surface area contributed by atoms with Crippen molar-refractivity contribution < 1.29 is 13.9 Å². The summed E-state index contributed by atoms with van der Waals surface area (Å²) in [6.45, 7) is 4.79. The minimum atomic E-state index is -0.183. The zero-order valence-electron chi connectivity index (χ0n) is 11.7. The highest BCUT2D eigenvalue weighted by molar-refractivity contribution is 5.93. The molecular formula is C14H18N4O3. The second-order valence-electron chi connectivity index (χ2n) is 4.85. The van der Waals surface area contributed by atoms with Crippen molar-refractivity contribution >= 4 is 5.91 Å². The van der Waals surface area contributed by atoms with E-state index in [-0.39, 0.29) is 5.91 Å². The number of ether oxygens (including phenoxy) is 1. The maximum atomic E-state index is 12.0. The molecule has 0 aliphatic carbocycles. The quantitative estimate of drug-likeness (QED) is 0.848. The van der Waals surface area contributed by atoms with Crippen LogP contribution < -0.4 is 5.32 Å². The number of morpholine rings is 1. The van der Waals surface area contributed by atoms with Gasteiger partial charge in [0, 0.05) is 32.2 Å². The molecule has 0 aromatic carbocycles. The number of carbonyl (C=O) groups is 1. The molecule has 0 radical (unpaired) electrons. The zero-order chi connectivity index (χ0) is 14.5. The van der Waals surface area contributed by atoms with Crippen LogP contribution in [0.4, 0.5) is 0 Å². The van der Waals surface area contributed by atoms with Gasteiger partial charge in [0.25, 0.3) is 5.91 Å². The van der Waals surface area contributed by atoms with Gasteiger partial charge in [0.2, 0.25) is 0 Å². The number of aromatic nitrogens is 2. The van der Waals surface area contributed by atoms with Crippen molar-refractivity contribution in [2.75, 3.05) is 39.4 Å². The Morgan fingerprint density at radius 2 is 2.29 bits per heavy atom. The van der Waals surface area contributed by atoms with Gasteiger partial charge in [-0.1, -0.05) is 0 Å². The predicted octanol–water partition coefficient (Wildman–Crippen LogP) is 0.732. The molecule has 7 heteroatoms. The molecule has 1 aliphatic rings. The number of amides is 1. The summed E-state index contributed by atoms with van der Waals surface area (Å²) in [5.41, 5.74) is 1.06. The maximum Gasteiger partial charge on any atom is 0.271 e. The van der Waals surface area contributed by atoms with Gasteiger partial charge in [-0.2, -0.15) is 5.10 Å². The molecule has 0 spiro atoms. The smallest absolute Gasteiger partial charge is 0.271 e. The minimum absolute atomic E-state index is 0.183. The molecule has 3 heterocycles. The average Bonchev–Trinajstić information content (AvgIpc) is 3.19. The molecule has 2 aromatic rings. The second kappa shape index (κ2) is 6.55. The van der Waals surface area contributed by atoms with E-state index in [4.69, 9.17) is 9.15 Å². The standard InChI is InChI=1S/C14H18N4O3/c19-14(15-3-4-18-5-8-20-9-6-18)12-10-11(16-17-12)13-2-1-7-21-13/h1-2,7,10H,3-6,8-9H2,(H,15,19)(H,16,17). The average molecular weight is 290 g/mol. The number of furan rings is 1. The summed E-state index contributed by atoms with van der Waals surface area (Å²) in [7, 11) is 0. The number of rotatable bonds is 5. The lowest BCUT2D eigenvalue weighted by atomic mass is 10.3. The van der Waals surface area contributed by atoms with Crippen molar-refractivity contribution in [3.8, 4) is 11.5 Å². The monoisotopic (exact) mass is 290 g/mol. The number of hydrogen-bond acceptors (Lipinski definition) is 5. The van der Waals surface area contributed by atoms with Crippen LogP contribution in [0.2, 0.25) is 0 Å². The van der Waals surface area contributed by atoms with Crippen LogP contribution >= 0.6 is 0 Å². The zero-order valence-corrected chi connectivity index (χ0v) is 11.7. The molecule has 1 saturated heterocycles. The predicted molar refractivity (Wildman–Crippen MR) is 75.9 cm³/mol. The number of hydrogen-bond donors (Lipinski definition) is 2. The van der Waals surface area contributed by atoms with Gasteiger partial charge < -0.3 is 14.5 Å². The molecule has 0 atom stereocenters. The normalized spacial score (nSPS) is 16.0. The lowest BCUT2D eigenvalue weighted by Crippen LogP contribution is -2.41. The van der Waals surface area contributed by atoms with Gasteiger partial charge in [-0.3, -0.25) is 14.8 Å². The van der Waals surface area contributed by atoms with Gasteiger partial charge in [-0.15, -0.1) is 0 Å². The molecule has 3 rings (SSSR count). The summed E-state index contributed by atoms with van der Waals surface area (Å²) in [6, 6.07) is 5.29. The number of carbonyl (C=O) groups excluding carboxylic acids is 1. The molecule has 21 heavy (non-hydrogen) atoms. The Kier molecular flexibility index (Phi) is 4.32. The van der Waals surface area contributed by atoms with E-state index in [0.29, 0.717) is 23.7 Å². The fraction of sp³-hybridized carbons (Fsp3) is 0.429. The van der Waals surface area contributed by atoms with Gasteiger partial charge in [0.1, 0.15) is 5.69 Å². The third kappa shape index (κ3) is 3.50. The Morgan fingerprint density at radius 3 is 3.05 bits per heavy atom. The molecule has 0 saturated carbocycles. The van der Waals surface area contributed by atoms with Gasteiger partial charge in [-0.25, -0.2) is 0 Å². The van der Waals surface area contributed by atoms with E-state index in [1.165, 1.54) is 0 Å². The van der Waals surface area contributed by atoms with E-state index in [1.54, 1.807) is 18.4 Å². The molecule has 1 amide bonds. The van der Waals surface area contributed by atoms with Crippen LogP contribution in [0.15, 0.2) is 28.9 Å². The Morgan fingerprint density at radius 1 is 1.43 bits per heavy atom. The van der Waals surface area contributed by atoms with Crippen LogP contribution in [-0.2, 0) is 4.74 Å². The van der Waals surface area contributed by atoms with Crippen LogP contribution in [-0.4, -0.2) is 60.4 Å². The molecule has 0 bridgehead atoms. The van der Waals surface area contributed by atoms with Crippen LogP contribution in [0, 0.1) is 0 Å². The number of nitrogens with one attached hydrogen (secondary N) is 2. The SMILES string of the molecule is O=C(NCCN1CCOCC1)c1cc(-c2ccco2)[nH]n1.